The fourth-order valence-corrected chi connectivity index (χ4v) is 3.35. The van der Waals surface area contributed by atoms with Crippen molar-refractivity contribution in [1.29, 1.82) is 0 Å². The van der Waals surface area contributed by atoms with Crippen molar-refractivity contribution in [2.24, 2.45) is 0 Å². The molecule has 2 aromatic heterocycles. The van der Waals surface area contributed by atoms with E-state index < -0.39 is 0 Å². The molecule has 6 heteroatoms. The molecule has 2 aromatic carbocycles. The van der Waals surface area contributed by atoms with Crippen molar-refractivity contribution in [3.63, 3.8) is 0 Å². The van der Waals surface area contributed by atoms with Crippen LogP contribution >= 0.6 is 0 Å². The van der Waals surface area contributed by atoms with Crippen LogP contribution in [-0.4, -0.2) is 21.6 Å². The van der Waals surface area contributed by atoms with Gasteiger partial charge in [0, 0.05) is 17.3 Å². The Balaban J connectivity index is 1.74. The number of aromatic nitrogens is 3. The predicted molar refractivity (Wildman–Crippen MR) is 115 cm³/mol. The molecule has 0 saturated heterocycles. The van der Waals surface area contributed by atoms with E-state index in [2.05, 4.69) is 41.5 Å². The quantitative estimate of drug-likeness (QED) is 0.518. The van der Waals surface area contributed by atoms with Gasteiger partial charge in [-0.05, 0) is 50.6 Å². The number of ether oxygens (including phenoxy) is 2. The summed E-state index contributed by atoms with van der Waals surface area (Å²) in [7, 11) is 1.63. The maximum absolute atomic E-state index is 6.21. The number of rotatable bonds is 4. The molecule has 0 aliphatic rings. The molecular formula is C23H24N4O2. The first-order valence-corrected chi connectivity index (χ1v) is 9.42. The number of benzene rings is 2. The fraction of sp³-hybridized carbons (Fsp3) is 0.217. The normalized spacial score (nSPS) is 11.6. The first kappa shape index (κ1) is 18.8. The molecule has 0 spiro atoms. The van der Waals surface area contributed by atoms with Gasteiger partial charge in [0.2, 0.25) is 0 Å². The van der Waals surface area contributed by atoms with Gasteiger partial charge in [-0.25, -0.2) is 9.97 Å². The van der Waals surface area contributed by atoms with Crippen LogP contribution in [0.15, 0.2) is 61.1 Å². The maximum Gasteiger partial charge on any atom is 0.169 e. The average Bonchev–Trinajstić information content (AvgIpc) is 3.10. The zero-order valence-corrected chi connectivity index (χ0v) is 17.0. The van der Waals surface area contributed by atoms with E-state index in [0.29, 0.717) is 17.3 Å². The number of nitrogens with two attached hydrogens (primary N) is 1. The SMILES string of the molecule is COc1ccccc1Oc1ccc(-c2cn(C(C)(C)C)c3ncnc(N)c23)cc1. The first-order valence-electron chi connectivity index (χ1n) is 9.42. The standard InChI is InChI=1S/C23H24N4O2/c1-23(2,3)27-13-17(20-21(24)25-14-26-22(20)27)15-9-11-16(12-10-15)29-19-8-6-5-7-18(19)28-4/h5-14H,1-4H3,(H2,24,25,26). The Labute approximate surface area is 169 Å². The van der Waals surface area contributed by atoms with E-state index in [4.69, 9.17) is 15.2 Å². The Morgan fingerprint density at radius 3 is 2.28 bits per heavy atom. The minimum atomic E-state index is -0.135. The highest BCUT2D eigenvalue weighted by atomic mass is 16.5. The monoisotopic (exact) mass is 388 g/mol. The average molecular weight is 388 g/mol. The number of hydrogen-bond acceptors (Lipinski definition) is 5. The highest BCUT2D eigenvalue weighted by Crippen LogP contribution is 2.37. The zero-order chi connectivity index (χ0) is 20.6. The van der Waals surface area contributed by atoms with Crippen LogP contribution in [0.4, 0.5) is 5.82 Å². The fourth-order valence-electron chi connectivity index (χ4n) is 3.35. The number of para-hydroxylation sites is 2. The van der Waals surface area contributed by atoms with E-state index in [-0.39, 0.29) is 5.54 Å². The molecule has 2 heterocycles. The third-order valence-electron chi connectivity index (χ3n) is 4.80. The van der Waals surface area contributed by atoms with Crippen molar-refractivity contribution >= 4 is 16.9 Å². The summed E-state index contributed by atoms with van der Waals surface area (Å²) in [5.74, 6) is 2.56. The van der Waals surface area contributed by atoms with Crippen LogP contribution in [0.1, 0.15) is 20.8 Å². The molecule has 0 aliphatic heterocycles. The lowest BCUT2D eigenvalue weighted by molar-refractivity contribution is 0.379. The Hall–Kier alpha value is -3.54. The van der Waals surface area contributed by atoms with E-state index in [9.17, 15) is 0 Å². The van der Waals surface area contributed by atoms with Crippen LogP contribution < -0.4 is 15.2 Å². The van der Waals surface area contributed by atoms with Gasteiger partial charge in [-0.3, -0.25) is 0 Å². The minimum absolute atomic E-state index is 0.135. The zero-order valence-electron chi connectivity index (χ0n) is 17.0. The van der Waals surface area contributed by atoms with Gasteiger partial charge in [0.05, 0.1) is 12.5 Å². The van der Waals surface area contributed by atoms with Gasteiger partial charge in [-0.1, -0.05) is 24.3 Å². The van der Waals surface area contributed by atoms with Crippen molar-refractivity contribution in [1.82, 2.24) is 14.5 Å². The van der Waals surface area contributed by atoms with Gasteiger partial charge < -0.3 is 19.8 Å². The van der Waals surface area contributed by atoms with E-state index in [1.165, 1.54) is 6.33 Å². The van der Waals surface area contributed by atoms with Gasteiger partial charge in [-0.15, -0.1) is 0 Å². The largest absolute Gasteiger partial charge is 0.493 e. The third kappa shape index (κ3) is 3.49. The Kier molecular flexibility index (Phi) is 4.62. The Morgan fingerprint density at radius 1 is 0.931 bits per heavy atom. The molecule has 29 heavy (non-hydrogen) atoms. The first-order chi connectivity index (χ1) is 13.9. The Bertz CT molecular complexity index is 1160. The molecule has 6 nitrogen and oxygen atoms in total. The lowest BCUT2D eigenvalue weighted by atomic mass is 10.1. The van der Waals surface area contributed by atoms with Crippen LogP contribution in [0.5, 0.6) is 17.2 Å². The van der Waals surface area contributed by atoms with Crippen LogP contribution in [0, 0.1) is 0 Å². The van der Waals surface area contributed by atoms with Gasteiger partial charge in [0.15, 0.2) is 11.5 Å². The molecular weight excluding hydrogens is 364 g/mol. The van der Waals surface area contributed by atoms with Crippen LogP contribution in [0.2, 0.25) is 0 Å². The predicted octanol–water partition coefficient (Wildman–Crippen LogP) is 5.24. The summed E-state index contributed by atoms with van der Waals surface area (Å²) >= 11 is 0. The molecule has 0 saturated carbocycles. The van der Waals surface area contributed by atoms with Gasteiger partial charge in [0.1, 0.15) is 23.5 Å². The van der Waals surface area contributed by atoms with E-state index in [1.807, 2.05) is 48.5 Å². The summed E-state index contributed by atoms with van der Waals surface area (Å²) in [5.41, 5.74) is 8.92. The summed E-state index contributed by atoms with van der Waals surface area (Å²) in [6.07, 6.45) is 3.60. The van der Waals surface area contributed by atoms with E-state index in [1.54, 1.807) is 7.11 Å². The van der Waals surface area contributed by atoms with Crippen molar-refractivity contribution < 1.29 is 9.47 Å². The van der Waals surface area contributed by atoms with Crippen LogP contribution in [0.3, 0.4) is 0 Å². The smallest absolute Gasteiger partial charge is 0.169 e. The van der Waals surface area contributed by atoms with Crippen LogP contribution in [-0.2, 0) is 5.54 Å². The molecule has 4 rings (SSSR count). The van der Waals surface area contributed by atoms with Crippen molar-refractivity contribution in [3.8, 4) is 28.4 Å². The Morgan fingerprint density at radius 2 is 1.62 bits per heavy atom. The van der Waals surface area contributed by atoms with Gasteiger partial charge in [0.25, 0.3) is 0 Å². The number of hydrogen-bond donors (Lipinski definition) is 1. The second-order valence-corrected chi connectivity index (χ2v) is 7.82. The molecule has 0 unspecified atom stereocenters. The molecule has 148 valence electrons. The van der Waals surface area contributed by atoms with Crippen molar-refractivity contribution in [3.05, 3.63) is 61.1 Å². The van der Waals surface area contributed by atoms with Gasteiger partial charge in [-0.2, -0.15) is 0 Å². The molecule has 2 N–H and O–H groups in total. The van der Waals surface area contributed by atoms with E-state index >= 15 is 0 Å². The van der Waals surface area contributed by atoms with Crippen molar-refractivity contribution in [2.75, 3.05) is 12.8 Å². The number of fused-ring (bicyclic) bond motifs is 1. The molecule has 0 fully saturated rings. The highest BCUT2D eigenvalue weighted by molar-refractivity contribution is 6.00. The van der Waals surface area contributed by atoms with Crippen LogP contribution in [0.25, 0.3) is 22.2 Å². The maximum atomic E-state index is 6.21. The molecule has 0 radical (unpaired) electrons. The summed E-state index contributed by atoms with van der Waals surface area (Å²) < 4.78 is 13.5. The van der Waals surface area contributed by atoms with E-state index in [0.717, 1.165) is 27.9 Å². The summed E-state index contributed by atoms with van der Waals surface area (Å²) in [5, 5.41) is 0.862. The number of methoxy groups -OCH3 is 1. The third-order valence-corrected chi connectivity index (χ3v) is 4.80. The topological polar surface area (TPSA) is 75.2 Å². The second kappa shape index (κ2) is 7.13. The molecule has 4 aromatic rings. The lowest BCUT2D eigenvalue weighted by Gasteiger charge is -2.21. The summed E-state index contributed by atoms with van der Waals surface area (Å²) in [6, 6.07) is 15.5. The molecule has 0 bridgehead atoms. The highest BCUT2D eigenvalue weighted by Gasteiger charge is 2.22. The second-order valence-electron chi connectivity index (χ2n) is 7.82. The molecule has 0 atom stereocenters. The summed E-state index contributed by atoms with van der Waals surface area (Å²) in [6.45, 7) is 6.41. The van der Waals surface area contributed by atoms with Gasteiger partial charge >= 0.3 is 0 Å². The lowest BCUT2D eigenvalue weighted by Crippen LogP contribution is -2.21. The molecule has 0 aliphatic carbocycles. The number of anilines is 1. The summed E-state index contributed by atoms with van der Waals surface area (Å²) in [4.78, 5) is 8.68. The number of nitrogen functional groups attached to an aromatic ring is 1. The number of nitrogens with zero attached hydrogens (tertiary/aromatic N) is 3. The van der Waals surface area contributed by atoms with Crippen molar-refractivity contribution in [2.45, 2.75) is 26.3 Å². The molecule has 0 amide bonds. The minimum Gasteiger partial charge on any atom is -0.493 e.